The molecule has 2 aromatic carbocycles. The van der Waals surface area contributed by atoms with Crippen molar-refractivity contribution in [1.29, 1.82) is 0 Å². The summed E-state index contributed by atoms with van der Waals surface area (Å²) in [5.41, 5.74) is 9.20. The molecule has 4 aromatic rings. The first-order valence-electron chi connectivity index (χ1n) is 8.06. The van der Waals surface area contributed by atoms with Crippen molar-refractivity contribution in [1.82, 2.24) is 15.0 Å². The number of hydrogen-bond acceptors (Lipinski definition) is 5. The van der Waals surface area contributed by atoms with Gasteiger partial charge in [0.1, 0.15) is 11.5 Å². The third-order valence-electron chi connectivity index (χ3n) is 3.92. The number of nitrogens with zero attached hydrogens (tertiary/aromatic N) is 3. The summed E-state index contributed by atoms with van der Waals surface area (Å²) in [6, 6.07) is 20.3. The number of benzene rings is 2. The second-order valence-corrected chi connectivity index (χ2v) is 5.67. The second-order valence-electron chi connectivity index (χ2n) is 5.67. The second kappa shape index (κ2) is 6.60. The summed E-state index contributed by atoms with van der Waals surface area (Å²) in [6.45, 7) is 0. The van der Waals surface area contributed by atoms with E-state index < -0.39 is 0 Å². The third kappa shape index (κ3) is 2.95. The van der Waals surface area contributed by atoms with Crippen LogP contribution in [0.1, 0.15) is 10.5 Å². The molecule has 0 fully saturated rings. The molecule has 0 aliphatic carbocycles. The number of para-hydroxylation sites is 2. The number of fused-ring (bicyclic) bond motifs is 1. The molecule has 1 amide bonds. The van der Waals surface area contributed by atoms with Crippen molar-refractivity contribution in [3.63, 3.8) is 0 Å². The lowest BCUT2D eigenvalue weighted by atomic mass is 10.1. The minimum Gasteiger partial charge on any atom is -0.382 e. The van der Waals surface area contributed by atoms with Gasteiger partial charge >= 0.3 is 0 Å². The average Bonchev–Trinajstić information content (AvgIpc) is 2.69. The first kappa shape index (κ1) is 15.7. The number of rotatable bonds is 3. The van der Waals surface area contributed by atoms with Crippen LogP contribution in [0, 0.1) is 0 Å². The lowest BCUT2D eigenvalue weighted by Gasteiger charge is -2.11. The van der Waals surface area contributed by atoms with Crippen LogP contribution in [0.4, 0.5) is 11.5 Å². The molecule has 0 aliphatic heterocycles. The van der Waals surface area contributed by atoms with Crippen LogP contribution < -0.4 is 11.1 Å². The third-order valence-corrected chi connectivity index (χ3v) is 3.92. The van der Waals surface area contributed by atoms with Gasteiger partial charge in [-0.05, 0) is 24.3 Å². The van der Waals surface area contributed by atoms with Crippen molar-refractivity contribution in [2.45, 2.75) is 0 Å². The number of carbonyl (C=O) groups is 1. The molecule has 6 nitrogen and oxygen atoms in total. The average molecular weight is 341 g/mol. The van der Waals surface area contributed by atoms with E-state index in [2.05, 4.69) is 20.3 Å². The smallest absolute Gasteiger partial charge is 0.276 e. The van der Waals surface area contributed by atoms with E-state index in [1.54, 1.807) is 18.3 Å². The SMILES string of the molecule is Nc1ncccc1NC(=O)c1nc2ccccc2nc1-c1ccccc1. The predicted octanol–water partition coefficient (Wildman–Crippen LogP) is 3.53. The van der Waals surface area contributed by atoms with Gasteiger partial charge in [-0.25, -0.2) is 15.0 Å². The molecule has 4 rings (SSSR count). The summed E-state index contributed by atoms with van der Waals surface area (Å²) in [5.74, 6) is -0.141. The van der Waals surface area contributed by atoms with Crippen LogP contribution in [0.3, 0.4) is 0 Å². The Morgan fingerprint density at radius 3 is 2.27 bits per heavy atom. The van der Waals surface area contributed by atoms with Crippen LogP contribution >= 0.6 is 0 Å². The van der Waals surface area contributed by atoms with E-state index in [9.17, 15) is 4.79 Å². The van der Waals surface area contributed by atoms with E-state index in [1.807, 2.05) is 54.6 Å². The molecule has 126 valence electrons. The van der Waals surface area contributed by atoms with Gasteiger partial charge in [0.15, 0.2) is 5.69 Å². The fourth-order valence-corrected chi connectivity index (χ4v) is 2.66. The molecule has 0 saturated carbocycles. The Hall–Kier alpha value is -3.80. The van der Waals surface area contributed by atoms with Gasteiger partial charge in [-0.15, -0.1) is 0 Å². The fraction of sp³-hybridized carbons (Fsp3) is 0. The lowest BCUT2D eigenvalue weighted by Crippen LogP contribution is -2.17. The van der Waals surface area contributed by atoms with E-state index in [-0.39, 0.29) is 17.4 Å². The summed E-state index contributed by atoms with van der Waals surface area (Å²) in [7, 11) is 0. The molecule has 0 atom stereocenters. The topological polar surface area (TPSA) is 93.8 Å². The largest absolute Gasteiger partial charge is 0.382 e. The Morgan fingerprint density at radius 1 is 0.846 bits per heavy atom. The van der Waals surface area contributed by atoms with E-state index in [1.165, 1.54) is 0 Å². The van der Waals surface area contributed by atoms with Gasteiger partial charge in [0.25, 0.3) is 5.91 Å². The zero-order valence-corrected chi connectivity index (χ0v) is 13.8. The number of anilines is 2. The van der Waals surface area contributed by atoms with Crippen LogP contribution in [-0.2, 0) is 0 Å². The lowest BCUT2D eigenvalue weighted by molar-refractivity contribution is 0.102. The highest BCUT2D eigenvalue weighted by Gasteiger charge is 2.18. The standard InChI is InChI=1S/C20H15N5O/c21-19-16(11-6-12-22-19)25-20(26)18-17(13-7-2-1-3-8-13)23-14-9-4-5-10-15(14)24-18/h1-12H,(H2,21,22)(H,25,26). The fourth-order valence-electron chi connectivity index (χ4n) is 2.66. The summed E-state index contributed by atoms with van der Waals surface area (Å²) < 4.78 is 0. The first-order chi connectivity index (χ1) is 12.7. The Balaban J connectivity index is 1.84. The Labute approximate surface area is 149 Å². The first-order valence-corrected chi connectivity index (χ1v) is 8.06. The van der Waals surface area contributed by atoms with Crippen molar-refractivity contribution >= 4 is 28.4 Å². The van der Waals surface area contributed by atoms with Crippen LogP contribution in [0.25, 0.3) is 22.3 Å². The van der Waals surface area contributed by atoms with Crippen molar-refractivity contribution in [3.8, 4) is 11.3 Å². The van der Waals surface area contributed by atoms with Gasteiger partial charge in [0.05, 0.1) is 16.7 Å². The number of amides is 1. The Kier molecular flexibility index (Phi) is 3.99. The molecule has 0 aliphatic rings. The zero-order valence-electron chi connectivity index (χ0n) is 13.8. The normalized spacial score (nSPS) is 10.6. The minimum atomic E-state index is -0.387. The van der Waals surface area contributed by atoms with Crippen LogP contribution in [-0.4, -0.2) is 20.9 Å². The van der Waals surface area contributed by atoms with Crippen molar-refractivity contribution in [2.75, 3.05) is 11.1 Å². The van der Waals surface area contributed by atoms with Crippen LogP contribution in [0.15, 0.2) is 72.9 Å². The predicted molar refractivity (Wildman–Crippen MR) is 102 cm³/mol. The van der Waals surface area contributed by atoms with Gasteiger partial charge in [-0.2, -0.15) is 0 Å². The highest BCUT2D eigenvalue weighted by Crippen LogP contribution is 2.24. The Bertz CT molecular complexity index is 1100. The molecule has 0 unspecified atom stereocenters. The summed E-state index contributed by atoms with van der Waals surface area (Å²) in [6.07, 6.45) is 1.57. The van der Waals surface area contributed by atoms with E-state index in [0.717, 1.165) is 11.1 Å². The van der Waals surface area contributed by atoms with Gasteiger partial charge in [-0.1, -0.05) is 42.5 Å². The number of aromatic nitrogens is 3. The zero-order chi connectivity index (χ0) is 17.9. The molecule has 0 bridgehead atoms. The highest BCUT2D eigenvalue weighted by molar-refractivity contribution is 6.08. The van der Waals surface area contributed by atoms with Gasteiger partial charge in [0.2, 0.25) is 0 Å². The monoisotopic (exact) mass is 341 g/mol. The molecule has 26 heavy (non-hydrogen) atoms. The van der Waals surface area contributed by atoms with E-state index in [0.29, 0.717) is 16.9 Å². The maximum Gasteiger partial charge on any atom is 0.276 e. The maximum absolute atomic E-state index is 12.9. The van der Waals surface area contributed by atoms with Crippen molar-refractivity contribution in [2.24, 2.45) is 0 Å². The molecule has 3 N–H and O–H groups in total. The molecule has 0 saturated heterocycles. The quantitative estimate of drug-likeness (QED) is 0.594. The van der Waals surface area contributed by atoms with Gasteiger partial charge in [0, 0.05) is 11.8 Å². The summed E-state index contributed by atoms with van der Waals surface area (Å²) in [5, 5.41) is 2.77. The summed E-state index contributed by atoms with van der Waals surface area (Å²) in [4.78, 5) is 26.1. The van der Waals surface area contributed by atoms with Crippen molar-refractivity contribution < 1.29 is 4.79 Å². The number of pyridine rings is 1. The molecule has 0 radical (unpaired) electrons. The molecular weight excluding hydrogens is 326 g/mol. The molecule has 0 spiro atoms. The minimum absolute atomic E-state index is 0.234. The van der Waals surface area contributed by atoms with Gasteiger partial charge < -0.3 is 11.1 Å². The number of nitrogens with one attached hydrogen (secondary N) is 1. The number of hydrogen-bond donors (Lipinski definition) is 2. The summed E-state index contributed by atoms with van der Waals surface area (Å²) >= 11 is 0. The number of carbonyl (C=O) groups excluding carboxylic acids is 1. The Morgan fingerprint density at radius 2 is 1.54 bits per heavy atom. The highest BCUT2D eigenvalue weighted by atomic mass is 16.1. The van der Waals surface area contributed by atoms with Crippen LogP contribution in [0.2, 0.25) is 0 Å². The maximum atomic E-state index is 12.9. The number of nitrogens with two attached hydrogens (primary N) is 1. The van der Waals surface area contributed by atoms with Crippen molar-refractivity contribution in [3.05, 3.63) is 78.6 Å². The molecule has 6 heteroatoms. The van der Waals surface area contributed by atoms with Gasteiger partial charge in [-0.3, -0.25) is 4.79 Å². The van der Waals surface area contributed by atoms with E-state index in [4.69, 9.17) is 5.73 Å². The molecule has 2 aromatic heterocycles. The van der Waals surface area contributed by atoms with Crippen LogP contribution in [0.5, 0.6) is 0 Å². The number of nitrogen functional groups attached to an aromatic ring is 1. The molecular formula is C20H15N5O. The molecule has 2 heterocycles. The van der Waals surface area contributed by atoms with E-state index >= 15 is 0 Å².